The van der Waals surface area contributed by atoms with Crippen molar-refractivity contribution >= 4 is 17.4 Å². The van der Waals surface area contributed by atoms with Gasteiger partial charge in [-0.25, -0.2) is 9.07 Å². The van der Waals surface area contributed by atoms with E-state index in [0.29, 0.717) is 17.0 Å². The fraction of sp³-hybridized carbons (Fsp3) is 0.105. The van der Waals surface area contributed by atoms with Gasteiger partial charge in [0.1, 0.15) is 18.1 Å². The molecule has 4 rings (SSSR count). The highest BCUT2D eigenvalue weighted by atomic mass is 19.1. The van der Waals surface area contributed by atoms with Crippen LogP contribution in [0.1, 0.15) is 0 Å². The number of halogens is 1. The fourth-order valence-electron chi connectivity index (χ4n) is 2.66. The van der Waals surface area contributed by atoms with E-state index in [2.05, 4.69) is 25.8 Å². The van der Waals surface area contributed by atoms with Crippen LogP contribution in [0.4, 0.5) is 15.9 Å². The van der Waals surface area contributed by atoms with Crippen molar-refractivity contribution in [1.82, 2.24) is 25.1 Å². The van der Waals surface area contributed by atoms with Crippen LogP contribution in [-0.4, -0.2) is 38.2 Å². The third kappa shape index (κ3) is 3.94. The Labute approximate surface area is 169 Å². The van der Waals surface area contributed by atoms with E-state index in [-0.39, 0.29) is 41.5 Å². The Morgan fingerprint density at radius 3 is 2.83 bits per heavy atom. The third-order valence-corrected chi connectivity index (χ3v) is 4.15. The van der Waals surface area contributed by atoms with Gasteiger partial charge in [-0.15, -0.1) is 5.10 Å². The molecule has 0 radical (unpaired) electrons. The average molecular weight is 409 g/mol. The Bertz CT molecular complexity index is 1190. The summed E-state index contributed by atoms with van der Waals surface area (Å²) >= 11 is 0. The number of benzene rings is 2. The normalized spacial score (nSPS) is 10.7. The van der Waals surface area contributed by atoms with E-state index in [1.807, 2.05) is 0 Å². The second kappa shape index (κ2) is 7.99. The molecule has 0 aliphatic rings. The van der Waals surface area contributed by atoms with Crippen LogP contribution < -0.4 is 15.8 Å². The zero-order valence-electron chi connectivity index (χ0n) is 15.7. The van der Waals surface area contributed by atoms with Crippen LogP contribution in [-0.2, 0) is 11.3 Å². The van der Waals surface area contributed by atoms with Gasteiger partial charge >= 0.3 is 0 Å². The summed E-state index contributed by atoms with van der Waals surface area (Å²) in [6.07, 6.45) is 0. The van der Waals surface area contributed by atoms with Crippen LogP contribution >= 0.6 is 0 Å². The first-order valence-electron chi connectivity index (χ1n) is 8.76. The molecule has 0 spiro atoms. The number of carbonyl (C=O) groups excluding carboxylic acids is 1. The number of nitrogens with zero attached hydrogens (tertiary/aromatic N) is 5. The van der Waals surface area contributed by atoms with Crippen LogP contribution in [0, 0.1) is 5.82 Å². The van der Waals surface area contributed by atoms with Crippen molar-refractivity contribution in [1.29, 1.82) is 0 Å². The molecule has 0 saturated carbocycles. The monoisotopic (exact) mass is 409 g/mol. The van der Waals surface area contributed by atoms with E-state index < -0.39 is 0 Å². The van der Waals surface area contributed by atoms with Gasteiger partial charge in [0.2, 0.25) is 11.7 Å². The standard InChI is InChI=1S/C19H16FN7O3/c1-29-14-4-2-3-13(9-14)22-15(28)10-27-17(21)16(24-26-27)19-23-18(25-30-19)11-5-7-12(20)8-6-11/h2-9H,10,21H2,1H3,(H,22,28). The number of nitrogen functional groups attached to an aromatic ring is 1. The van der Waals surface area contributed by atoms with Crippen LogP contribution in [0.25, 0.3) is 23.0 Å². The molecule has 10 nitrogen and oxygen atoms in total. The summed E-state index contributed by atoms with van der Waals surface area (Å²) in [6.45, 7) is -0.172. The summed E-state index contributed by atoms with van der Waals surface area (Å²) in [5.41, 5.74) is 7.33. The molecular formula is C19H16FN7O3. The molecule has 0 aliphatic carbocycles. The van der Waals surface area contributed by atoms with Gasteiger partial charge in [0.05, 0.1) is 7.11 Å². The lowest BCUT2D eigenvalue weighted by Gasteiger charge is -2.07. The Kier molecular flexibility index (Phi) is 5.08. The number of nitrogens with one attached hydrogen (secondary N) is 1. The zero-order valence-corrected chi connectivity index (χ0v) is 15.7. The lowest BCUT2D eigenvalue weighted by molar-refractivity contribution is -0.116. The molecule has 0 saturated heterocycles. The molecule has 11 heteroatoms. The maximum absolute atomic E-state index is 13.1. The third-order valence-electron chi connectivity index (χ3n) is 4.15. The molecule has 30 heavy (non-hydrogen) atoms. The molecular weight excluding hydrogens is 393 g/mol. The van der Waals surface area contributed by atoms with E-state index >= 15 is 0 Å². The first-order chi connectivity index (χ1) is 14.5. The maximum atomic E-state index is 13.1. The van der Waals surface area contributed by atoms with Crippen LogP contribution in [0.15, 0.2) is 53.1 Å². The topological polar surface area (TPSA) is 134 Å². The zero-order chi connectivity index (χ0) is 21.1. The minimum Gasteiger partial charge on any atom is -0.497 e. The number of hydrogen-bond acceptors (Lipinski definition) is 8. The van der Waals surface area contributed by atoms with Crippen molar-refractivity contribution < 1.29 is 18.4 Å². The quantitative estimate of drug-likeness (QED) is 0.496. The fourth-order valence-corrected chi connectivity index (χ4v) is 2.66. The number of amides is 1. The van der Waals surface area contributed by atoms with Crippen molar-refractivity contribution in [3.63, 3.8) is 0 Å². The summed E-state index contributed by atoms with van der Waals surface area (Å²) in [4.78, 5) is 16.5. The van der Waals surface area contributed by atoms with Gasteiger partial charge in [0.15, 0.2) is 11.5 Å². The van der Waals surface area contributed by atoms with Crippen molar-refractivity contribution in [2.24, 2.45) is 0 Å². The number of nitrogens with two attached hydrogens (primary N) is 1. The van der Waals surface area contributed by atoms with Gasteiger partial charge in [0, 0.05) is 17.3 Å². The Hall–Kier alpha value is -4.28. The van der Waals surface area contributed by atoms with E-state index in [9.17, 15) is 9.18 Å². The van der Waals surface area contributed by atoms with Crippen LogP contribution in [0.5, 0.6) is 5.75 Å². The summed E-state index contributed by atoms with van der Waals surface area (Å²) in [7, 11) is 1.54. The first-order valence-corrected chi connectivity index (χ1v) is 8.76. The number of ether oxygens (including phenoxy) is 1. The molecule has 4 aromatic rings. The summed E-state index contributed by atoms with van der Waals surface area (Å²) in [5, 5.41) is 14.4. The molecule has 0 atom stereocenters. The molecule has 3 N–H and O–H groups in total. The van der Waals surface area contributed by atoms with Crippen molar-refractivity contribution in [3.8, 4) is 28.7 Å². The lowest BCUT2D eigenvalue weighted by Crippen LogP contribution is -2.20. The number of methoxy groups -OCH3 is 1. The smallest absolute Gasteiger partial charge is 0.282 e. The predicted octanol–water partition coefficient (Wildman–Crippen LogP) is 2.36. The minimum absolute atomic E-state index is 0.0336. The van der Waals surface area contributed by atoms with Gasteiger partial charge in [0.25, 0.3) is 5.89 Å². The number of anilines is 2. The van der Waals surface area contributed by atoms with Crippen molar-refractivity contribution in [3.05, 3.63) is 54.3 Å². The SMILES string of the molecule is COc1cccc(NC(=O)Cn2nnc(-c3nc(-c4ccc(F)cc4)no3)c2N)c1. The first kappa shape index (κ1) is 19.1. The Morgan fingerprint density at radius 1 is 1.27 bits per heavy atom. The van der Waals surface area contributed by atoms with E-state index in [4.69, 9.17) is 15.0 Å². The average Bonchev–Trinajstić information content (AvgIpc) is 3.36. The number of aromatic nitrogens is 5. The highest BCUT2D eigenvalue weighted by molar-refractivity contribution is 5.91. The van der Waals surface area contributed by atoms with E-state index in [1.165, 1.54) is 36.1 Å². The molecule has 0 bridgehead atoms. The molecule has 0 aliphatic heterocycles. The molecule has 152 valence electrons. The maximum Gasteiger partial charge on any atom is 0.282 e. The minimum atomic E-state index is -0.373. The Balaban J connectivity index is 1.48. The van der Waals surface area contributed by atoms with Gasteiger partial charge < -0.3 is 20.3 Å². The van der Waals surface area contributed by atoms with Crippen molar-refractivity contribution in [2.75, 3.05) is 18.2 Å². The van der Waals surface area contributed by atoms with Crippen molar-refractivity contribution in [2.45, 2.75) is 6.54 Å². The molecule has 2 aromatic heterocycles. The lowest BCUT2D eigenvalue weighted by atomic mass is 10.2. The van der Waals surface area contributed by atoms with Gasteiger partial charge in [-0.2, -0.15) is 4.98 Å². The molecule has 2 aromatic carbocycles. The predicted molar refractivity (Wildman–Crippen MR) is 105 cm³/mol. The second-order valence-corrected chi connectivity index (χ2v) is 6.19. The molecule has 0 unspecified atom stereocenters. The Morgan fingerprint density at radius 2 is 2.07 bits per heavy atom. The molecule has 0 fully saturated rings. The summed E-state index contributed by atoms with van der Waals surface area (Å²) < 4.78 is 24.6. The van der Waals surface area contributed by atoms with Gasteiger partial charge in [-0.3, -0.25) is 4.79 Å². The van der Waals surface area contributed by atoms with E-state index in [1.54, 1.807) is 24.3 Å². The highest BCUT2D eigenvalue weighted by Crippen LogP contribution is 2.25. The number of hydrogen-bond donors (Lipinski definition) is 2. The highest BCUT2D eigenvalue weighted by Gasteiger charge is 2.20. The van der Waals surface area contributed by atoms with Gasteiger partial charge in [-0.05, 0) is 36.4 Å². The molecule has 1 amide bonds. The molecule has 2 heterocycles. The second-order valence-electron chi connectivity index (χ2n) is 6.19. The van der Waals surface area contributed by atoms with Crippen LogP contribution in [0.2, 0.25) is 0 Å². The largest absolute Gasteiger partial charge is 0.497 e. The van der Waals surface area contributed by atoms with Gasteiger partial charge in [-0.1, -0.05) is 16.4 Å². The summed E-state index contributed by atoms with van der Waals surface area (Å²) in [6, 6.07) is 12.6. The number of carbonyl (C=O) groups is 1. The van der Waals surface area contributed by atoms with E-state index in [0.717, 1.165) is 0 Å². The number of rotatable bonds is 6. The summed E-state index contributed by atoms with van der Waals surface area (Å²) in [5.74, 6) is 0.251. The van der Waals surface area contributed by atoms with Crippen LogP contribution in [0.3, 0.4) is 0 Å².